The number of anilines is 1. The van der Waals surface area contributed by atoms with Crippen molar-refractivity contribution < 1.29 is 14.3 Å². The van der Waals surface area contributed by atoms with Crippen molar-refractivity contribution in [3.8, 4) is 11.5 Å². The molecule has 0 radical (unpaired) electrons. The molecule has 0 fully saturated rings. The molecular weight excluding hydrogens is 354 g/mol. The molecule has 148 valence electrons. The van der Waals surface area contributed by atoms with Crippen molar-refractivity contribution in [3.05, 3.63) is 54.2 Å². The first kappa shape index (κ1) is 19.8. The van der Waals surface area contributed by atoms with E-state index in [0.717, 1.165) is 18.5 Å². The van der Waals surface area contributed by atoms with Gasteiger partial charge in [0.25, 0.3) is 0 Å². The molecule has 6 heteroatoms. The van der Waals surface area contributed by atoms with Gasteiger partial charge in [0.05, 0.1) is 19.9 Å². The van der Waals surface area contributed by atoms with E-state index in [-0.39, 0.29) is 11.9 Å². The van der Waals surface area contributed by atoms with E-state index in [9.17, 15) is 4.79 Å². The molecule has 1 unspecified atom stereocenters. The molecule has 0 aliphatic carbocycles. The van der Waals surface area contributed by atoms with Crippen LogP contribution in [0.3, 0.4) is 0 Å². The Morgan fingerprint density at radius 2 is 1.96 bits per heavy atom. The number of amides is 1. The lowest BCUT2D eigenvalue weighted by Crippen LogP contribution is -2.32. The number of ether oxygens (including phenoxy) is 2. The lowest BCUT2D eigenvalue weighted by atomic mass is 10.1. The van der Waals surface area contributed by atoms with Crippen LogP contribution in [0, 0.1) is 0 Å². The van der Waals surface area contributed by atoms with E-state index >= 15 is 0 Å². The number of hydrogen-bond acceptors (Lipinski definition) is 4. The summed E-state index contributed by atoms with van der Waals surface area (Å²) in [4.78, 5) is 15.7. The summed E-state index contributed by atoms with van der Waals surface area (Å²) in [6.07, 6.45) is 3.34. The molecule has 1 heterocycles. The number of H-pyrrole nitrogens is 1. The van der Waals surface area contributed by atoms with Crippen molar-refractivity contribution in [1.82, 2.24) is 10.3 Å². The molecule has 0 bridgehead atoms. The van der Waals surface area contributed by atoms with E-state index in [1.54, 1.807) is 32.4 Å². The monoisotopic (exact) mass is 381 g/mol. The van der Waals surface area contributed by atoms with Gasteiger partial charge >= 0.3 is 0 Å². The maximum absolute atomic E-state index is 12.4. The maximum Gasteiger partial charge on any atom is 0.226 e. The number of nitrogens with one attached hydrogen (secondary N) is 3. The van der Waals surface area contributed by atoms with Crippen LogP contribution in [0.5, 0.6) is 11.5 Å². The summed E-state index contributed by atoms with van der Waals surface area (Å²) in [6, 6.07) is 13.7. The fraction of sp³-hybridized carbons (Fsp3) is 0.318. The number of methoxy groups -OCH3 is 2. The molecule has 3 rings (SSSR count). The van der Waals surface area contributed by atoms with Crippen molar-refractivity contribution in [2.24, 2.45) is 0 Å². The van der Waals surface area contributed by atoms with E-state index in [1.165, 1.54) is 10.9 Å². The van der Waals surface area contributed by atoms with Gasteiger partial charge in [0, 0.05) is 35.6 Å². The maximum atomic E-state index is 12.4. The van der Waals surface area contributed by atoms with Gasteiger partial charge < -0.3 is 25.1 Å². The number of aromatic nitrogens is 1. The minimum Gasteiger partial charge on any atom is -0.497 e. The molecule has 0 saturated carbocycles. The van der Waals surface area contributed by atoms with Gasteiger partial charge in [0.15, 0.2) is 0 Å². The van der Waals surface area contributed by atoms with Crippen LogP contribution >= 0.6 is 0 Å². The third-order valence-corrected chi connectivity index (χ3v) is 4.74. The van der Waals surface area contributed by atoms with Gasteiger partial charge in [0.1, 0.15) is 11.5 Å². The van der Waals surface area contributed by atoms with Gasteiger partial charge in [-0.2, -0.15) is 0 Å². The van der Waals surface area contributed by atoms with Crippen molar-refractivity contribution in [2.45, 2.75) is 25.8 Å². The second-order valence-electron chi connectivity index (χ2n) is 6.78. The van der Waals surface area contributed by atoms with E-state index in [1.807, 2.05) is 19.1 Å². The summed E-state index contributed by atoms with van der Waals surface area (Å²) in [7, 11) is 3.16. The standard InChI is InChI=1S/C22H27N3O3/c1-15(23-11-10-16-14-24-19-7-5-4-6-18(16)19)12-22(26)25-20-9-8-17(27-2)13-21(20)28-3/h4-9,13-15,23-24H,10-12H2,1-3H3,(H,25,26). The third-order valence-electron chi connectivity index (χ3n) is 4.74. The normalized spacial score (nSPS) is 12.0. The van der Waals surface area contributed by atoms with Crippen LogP contribution in [0.4, 0.5) is 5.69 Å². The predicted octanol–water partition coefficient (Wildman–Crippen LogP) is 3.73. The minimum absolute atomic E-state index is 0.0597. The quantitative estimate of drug-likeness (QED) is 0.528. The number of carbonyl (C=O) groups is 1. The summed E-state index contributed by atoms with van der Waals surface area (Å²) in [5.41, 5.74) is 3.07. The molecule has 0 saturated heterocycles. The van der Waals surface area contributed by atoms with Crippen LogP contribution in [-0.2, 0) is 11.2 Å². The fourth-order valence-corrected chi connectivity index (χ4v) is 3.24. The van der Waals surface area contributed by atoms with Crippen LogP contribution in [0.1, 0.15) is 18.9 Å². The Labute approximate surface area is 165 Å². The summed E-state index contributed by atoms with van der Waals surface area (Å²) in [5.74, 6) is 1.20. The Balaban J connectivity index is 1.48. The molecule has 1 amide bonds. The topological polar surface area (TPSA) is 75.4 Å². The molecule has 6 nitrogen and oxygen atoms in total. The largest absolute Gasteiger partial charge is 0.497 e. The van der Waals surface area contributed by atoms with Gasteiger partial charge in [-0.1, -0.05) is 18.2 Å². The number of hydrogen-bond donors (Lipinski definition) is 3. The highest BCUT2D eigenvalue weighted by Gasteiger charge is 2.12. The van der Waals surface area contributed by atoms with E-state index in [2.05, 4.69) is 33.9 Å². The van der Waals surface area contributed by atoms with Crippen LogP contribution in [0.2, 0.25) is 0 Å². The average Bonchev–Trinajstić information content (AvgIpc) is 3.11. The lowest BCUT2D eigenvalue weighted by Gasteiger charge is -2.15. The molecule has 1 atom stereocenters. The molecule has 0 aliphatic rings. The number of aromatic amines is 1. The minimum atomic E-state index is -0.0597. The summed E-state index contributed by atoms with van der Waals surface area (Å²) in [5, 5.41) is 7.58. The van der Waals surface area contributed by atoms with Gasteiger partial charge in [0.2, 0.25) is 5.91 Å². The van der Waals surface area contributed by atoms with Crippen molar-refractivity contribution in [3.63, 3.8) is 0 Å². The first-order valence-electron chi connectivity index (χ1n) is 9.41. The predicted molar refractivity (Wildman–Crippen MR) is 112 cm³/mol. The highest BCUT2D eigenvalue weighted by molar-refractivity contribution is 5.92. The van der Waals surface area contributed by atoms with Crippen molar-refractivity contribution in [2.75, 3.05) is 26.1 Å². The Morgan fingerprint density at radius 1 is 1.14 bits per heavy atom. The average molecular weight is 381 g/mol. The molecule has 3 aromatic rings. The van der Waals surface area contributed by atoms with E-state index in [0.29, 0.717) is 23.6 Å². The Kier molecular flexibility index (Phi) is 6.55. The number of carbonyl (C=O) groups excluding carboxylic acids is 1. The molecule has 0 aliphatic heterocycles. The van der Waals surface area contributed by atoms with Crippen molar-refractivity contribution in [1.29, 1.82) is 0 Å². The zero-order valence-corrected chi connectivity index (χ0v) is 16.5. The van der Waals surface area contributed by atoms with Crippen LogP contribution in [0.15, 0.2) is 48.7 Å². The molecule has 28 heavy (non-hydrogen) atoms. The zero-order valence-electron chi connectivity index (χ0n) is 16.5. The van der Waals surface area contributed by atoms with E-state index in [4.69, 9.17) is 9.47 Å². The smallest absolute Gasteiger partial charge is 0.226 e. The molecule has 3 N–H and O–H groups in total. The molecule has 0 spiro atoms. The van der Waals surface area contributed by atoms with Gasteiger partial charge in [-0.05, 0) is 43.7 Å². The summed E-state index contributed by atoms with van der Waals surface area (Å²) >= 11 is 0. The highest BCUT2D eigenvalue weighted by atomic mass is 16.5. The number of para-hydroxylation sites is 1. The molecular formula is C22H27N3O3. The second kappa shape index (κ2) is 9.28. The lowest BCUT2D eigenvalue weighted by molar-refractivity contribution is -0.116. The number of fused-ring (bicyclic) bond motifs is 1. The first-order valence-corrected chi connectivity index (χ1v) is 9.41. The third kappa shape index (κ3) is 4.84. The van der Waals surface area contributed by atoms with Gasteiger partial charge in [-0.3, -0.25) is 4.79 Å². The first-order chi connectivity index (χ1) is 13.6. The summed E-state index contributed by atoms with van der Waals surface area (Å²) < 4.78 is 10.5. The Hall–Kier alpha value is -2.99. The van der Waals surface area contributed by atoms with Gasteiger partial charge in [-0.25, -0.2) is 0 Å². The fourth-order valence-electron chi connectivity index (χ4n) is 3.24. The van der Waals surface area contributed by atoms with Crippen molar-refractivity contribution >= 4 is 22.5 Å². The number of benzene rings is 2. The van der Waals surface area contributed by atoms with E-state index < -0.39 is 0 Å². The molecule has 1 aromatic heterocycles. The van der Waals surface area contributed by atoms with Crippen LogP contribution < -0.4 is 20.1 Å². The Morgan fingerprint density at radius 3 is 2.75 bits per heavy atom. The summed E-state index contributed by atoms with van der Waals surface area (Å²) in [6.45, 7) is 2.82. The molecule has 2 aromatic carbocycles. The SMILES string of the molecule is COc1ccc(NC(=O)CC(C)NCCc2c[nH]c3ccccc23)c(OC)c1. The van der Waals surface area contributed by atoms with Crippen LogP contribution in [-0.4, -0.2) is 37.7 Å². The zero-order chi connectivity index (χ0) is 19.9. The highest BCUT2D eigenvalue weighted by Crippen LogP contribution is 2.29. The number of rotatable bonds is 9. The van der Waals surface area contributed by atoms with Gasteiger partial charge in [-0.15, -0.1) is 0 Å². The second-order valence-corrected chi connectivity index (χ2v) is 6.78. The van der Waals surface area contributed by atoms with Crippen LogP contribution in [0.25, 0.3) is 10.9 Å². The Bertz CT molecular complexity index is 936.